The summed E-state index contributed by atoms with van der Waals surface area (Å²) in [7, 11) is 0. The number of esters is 1. The first-order valence-corrected chi connectivity index (χ1v) is 6.30. The van der Waals surface area contributed by atoms with Crippen molar-refractivity contribution >= 4 is 24.0 Å². The molecular weight excluding hydrogens is 274 g/mol. The lowest BCUT2D eigenvalue weighted by molar-refractivity contribution is -0.134. The minimum Gasteiger partial charge on any atom is -0.427 e. The monoisotopic (exact) mass is 287 g/mol. The molecule has 0 aliphatic carbocycles. The third-order valence-corrected chi connectivity index (χ3v) is 2.58. The van der Waals surface area contributed by atoms with Gasteiger partial charge >= 0.3 is 12.1 Å². The number of nitrogens with one attached hydrogen (secondary N) is 1. The zero-order chi connectivity index (χ0) is 15.2. The van der Waals surface area contributed by atoms with Crippen LogP contribution in [0.3, 0.4) is 0 Å². The van der Waals surface area contributed by atoms with E-state index in [4.69, 9.17) is 4.74 Å². The van der Waals surface area contributed by atoms with Gasteiger partial charge in [-0.1, -0.05) is 31.2 Å². The summed E-state index contributed by atoms with van der Waals surface area (Å²) in [4.78, 5) is 33.1. The molecule has 2 amide bonds. The van der Waals surface area contributed by atoms with Crippen LogP contribution in [0.15, 0.2) is 42.2 Å². The zero-order valence-corrected chi connectivity index (χ0v) is 11.3. The normalized spacial score (nSPS) is 16.1. The fourth-order valence-electron chi connectivity index (χ4n) is 1.53. The molecule has 0 bridgehead atoms. The molecule has 1 aliphatic rings. The van der Waals surface area contributed by atoms with Crippen LogP contribution in [-0.4, -0.2) is 18.0 Å². The Labute approximate surface area is 121 Å². The van der Waals surface area contributed by atoms with E-state index in [-0.39, 0.29) is 11.7 Å². The van der Waals surface area contributed by atoms with Crippen molar-refractivity contribution in [2.45, 2.75) is 13.3 Å². The number of rotatable bonds is 4. The first kappa shape index (κ1) is 14.5. The highest BCUT2D eigenvalue weighted by Gasteiger charge is 2.25. The summed E-state index contributed by atoms with van der Waals surface area (Å²) in [5.41, 5.74) is 0.841. The van der Waals surface area contributed by atoms with E-state index >= 15 is 0 Å². The molecule has 0 spiro atoms. The van der Waals surface area contributed by atoms with Crippen molar-refractivity contribution in [1.82, 2.24) is 5.32 Å². The number of hydrogen-bond acceptors (Lipinski definition) is 5. The molecule has 1 aromatic carbocycles. The lowest BCUT2D eigenvalue weighted by Crippen LogP contribution is -2.18. The smallest absolute Gasteiger partial charge is 0.419 e. The van der Waals surface area contributed by atoms with E-state index in [1.165, 1.54) is 6.08 Å². The number of hydrogen-bond donors (Lipinski definition) is 1. The van der Waals surface area contributed by atoms with Gasteiger partial charge in [0.25, 0.3) is 5.91 Å². The minimum atomic E-state index is -0.776. The maximum absolute atomic E-state index is 11.2. The van der Waals surface area contributed by atoms with Crippen LogP contribution in [0.1, 0.15) is 18.9 Å². The molecular formula is C15H13NO5. The predicted octanol–water partition coefficient (Wildman–Crippen LogP) is 2.17. The highest BCUT2D eigenvalue weighted by atomic mass is 16.6. The number of amides is 2. The van der Waals surface area contributed by atoms with Gasteiger partial charge in [-0.2, -0.15) is 0 Å². The molecule has 1 saturated heterocycles. The van der Waals surface area contributed by atoms with Crippen molar-refractivity contribution in [3.63, 3.8) is 0 Å². The number of cyclic esters (lactones) is 1. The molecule has 1 N–H and O–H groups in total. The SMILES string of the molecule is CCC(=O)Oc1ccc(/C=C/C=C2\OC(=O)NC2=O)cc1. The fourth-order valence-corrected chi connectivity index (χ4v) is 1.53. The molecule has 0 unspecified atom stereocenters. The average Bonchev–Trinajstić information content (AvgIpc) is 2.79. The van der Waals surface area contributed by atoms with Gasteiger partial charge in [-0.05, 0) is 23.8 Å². The van der Waals surface area contributed by atoms with E-state index in [1.807, 2.05) is 5.32 Å². The Balaban J connectivity index is 1.98. The molecule has 0 saturated carbocycles. The largest absolute Gasteiger partial charge is 0.427 e. The van der Waals surface area contributed by atoms with Crippen molar-refractivity contribution in [1.29, 1.82) is 0 Å². The maximum atomic E-state index is 11.2. The average molecular weight is 287 g/mol. The Morgan fingerprint density at radius 3 is 2.57 bits per heavy atom. The van der Waals surface area contributed by atoms with Crippen LogP contribution in [0.5, 0.6) is 5.75 Å². The number of carbonyl (C=O) groups excluding carboxylic acids is 3. The van der Waals surface area contributed by atoms with Gasteiger partial charge in [0.15, 0.2) is 5.76 Å². The Morgan fingerprint density at radius 1 is 1.29 bits per heavy atom. The van der Waals surface area contributed by atoms with Crippen LogP contribution in [0.4, 0.5) is 4.79 Å². The lowest BCUT2D eigenvalue weighted by atomic mass is 10.2. The van der Waals surface area contributed by atoms with Crippen molar-refractivity contribution < 1.29 is 23.9 Å². The minimum absolute atomic E-state index is 0.0512. The second kappa shape index (κ2) is 6.51. The van der Waals surface area contributed by atoms with Gasteiger partial charge in [-0.15, -0.1) is 0 Å². The van der Waals surface area contributed by atoms with Gasteiger partial charge in [-0.25, -0.2) is 4.79 Å². The topological polar surface area (TPSA) is 81.7 Å². The molecule has 1 heterocycles. The van der Waals surface area contributed by atoms with Crippen molar-refractivity contribution in [2.75, 3.05) is 0 Å². The second-order valence-corrected chi connectivity index (χ2v) is 4.13. The number of ether oxygens (including phenoxy) is 2. The van der Waals surface area contributed by atoms with Crippen molar-refractivity contribution in [3.05, 3.63) is 47.7 Å². The molecule has 6 nitrogen and oxygen atoms in total. The molecule has 2 rings (SSSR count). The summed E-state index contributed by atoms with van der Waals surface area (Å²) in [5, 5.41) is 2.00. The van der Waals surface area contributed by atoms with Gasteiger partial charge < -0.3 is 9.47 Å². The third kappa shape index (κ3) is 4.04. The molecule has 0 aromatic heterocycles. The van der Waals surface area contributed by atoms with Crippen LogP contribution >= 0.6 is 0 Å². The van der Waals surface area contributed by atoms with Crippen LogP contribution in [0, 0.1) is 0 Å². The summed E-state index contributed by atoms with van der Waals surface area (Å²) < 4.78 is 9.68. The summed E-state index contributed by atoms with van der Waals surface area (Å²) in [5.74, 6) is -0.435. The Hall–Kier alpha value is -2.89. The molecule has 1 aromatic rings. The Morgan fingerprint density at radius 2 is 2.00 bits per heavy atom. The third-order valence-electron chi connectivity index (χ3n) is 2.58. The number of benzene rings is 1. The summed E-state index contributed by atoms with van der Waals surface area (Å²) in [6, 6.07) is 6.85. The van der Waals surface area contributed by atoms with Crippen LogP contribution in [0.2, 0.25) is 0 Å². The predicted molar refractivity (Wildman–Crippen MR) is 74.1 cm³/mol. The molecule has 1 aliphatic heterocycles. The number of allylic oxidation sites excluding steroid dienone is 2. The van der Waals surface area contributed by atoms with E-state index < -0.39 is 12.0 Å². The van der Waals surface area contributed by atoms with Crippen molar-refractivity contribution in [3.8, 4) is 5.75 Å². The molecule has 6 heteroatoms. The van der Waals surface area contributed by atoms with E-state index in [0.29, 0.717) is 12.2 Å². The van der Waals surface area contributed by atoms with Gasteiger partial charge in [0.05, 0.1) is 0 Å². The number of imide groups is 1. The summed E-state index contributed by atoms with van der Waals surface area (Å²) >= 11 is 0. The van der Waals surface area contributed by atoms with E-state index in [2.05, 4.69) is 4.74 Å². The molecule has 0 atom stereocenters. The standard InChI is InChI=1S/C15H13NO5/c1-2-13(17)20-11-8-6-10(7-9-11)4-3-5-12-14(18)16-15(19)21-12/h3-9H,2H2,1H3,(H,16,18,19)/b4-3+,12-5-. The molecule has 21 heavy (non-hydrogen) atoms. The number of alkyl carbamates (subject to hydrolysis) is 1. The summed E-state index contributed by atoms with van der Waals surface area (Å²) in [6.07, 6.45) is 4.24. The van der Waals surface area contributed by atoms with Crippen LogP contribution < -0.4 is 10.1 Å². The second-order valence-electron chi connectivity index (χ2n) is 4.13. The Bertz CT molecular complexity index is 628. The van der Waals surface area contributed by atoms with E-state index in [0.717, 1.165) is 5.56 Å². The first-order chi connectivity index (χ1) is 10.1. The highest BCUT2D eigenvalue weighted by molar-refractivity contribution is 6.07. The Kier molecular flexibility index (Phi) is 4.50. The quantitative estimate of drug-likeness (QED) is 0.521. The molecule has 108 valence electrons. The molecule has 0 radical (unpaired) electrons. The first-order valence-electron chi connectivity index (χ1n) is 6.30. The van der Waals surface area contributed by atoms with Gasteiger partial charge in [0, 0.05) is 6.42 Å². The summed E-state index contributed by atoms with van der Waals surface area (Å²) in [6.45, 7) is 1.72. The van der Waals surface area contributed by atoms with Gasteiger partial charge in [0.1, 0.15) is 5.75 Å². The lowest BCUT2D eigenvalue weighted by Gasteiger charge is -2.02. The van der Waals surface area contributed by atoms with Crippen molar-refractivity contribution in [2.24, 2.45) is 0 Å². The van der Waals surface area contributed by atoms with Crippen LogP contribution in [0.25, 0.3) is 6.08 Å². The fraction of sp³-hybridized carbons (Fsp3) is 0.133. The van der Waals surface area contributed by atoms with E-state index in [1.54, 1.807) is 43.3 Å². The van der Waals surface area contributed by atoms with Crippen LogP contribution in [-0.2, 0) is 14.3 Å². The molecule has 1 fully saturated rings. The highest BCUT2D eigenvalue weighted by Crippen LogP contribution is 2.14. The van der Waals surface area contributed by atoms with Gasteiger partial charge in [-0.3, -0.25) is 14.9 Å². The number of carbonyl (C=O) groups is 3. The van der Waals surface area contributed by atoms with E-state index in [9.17, 15) is 14.4 Å². The van der Waals surface area contributed by atoms with Gasteiger partial charge in [0.2, 0.25) is 0 Å². The maximum Gasteiger partial charge on any atom is 0.419 e. The zero-order valence-electron chi connectivity index (χ0n) is 11.3.